The zero-order chi connectivity index (χ0) is 22.3. The number of benzene rings is 2. The molecular formula is C22H29N3O4S. The topological polar surface area (TPSA) is 86.8 Å². The van der Waals surface area contributed by atoms with Crippen LogP contribution in [0, 0.1) is 0 Å². The fourth-order valence-corrected chi connectivity index (χ4v) is 3.83. The van der Waals surface area contributed by atoms with Gasteiger partial charge < -0.3 is 10.2 Å². The Labute approximate surface area is 178 Å². The number of carbonyl (C=O) groups is 2. The lowest BCUT2D eigenvalue weighted by atomic mass is 10.1. The summed E-state index contributed by atoms with van der Waals surface area (Å²) in [6, 6.07) is 16.9. The SMILES string of the molecule is CC(C)NC(=O)[C@H](C)N(Cc1ccccc1)C(=O)CN(c1ccccc1)S(C)(=O)=O. The normalized spacial score (nSPS) is 12.3. The molecule has 1 atom stereocenters. The Morgan fingerprint density at radius 2 is 1.47 bits per heavy atom. The molecule has 30 heavy (non-hydrogen) atoms. The van der Waals surface area contributed by atoms with Gasteiger partial charge in [-0.3, -0.25) is 13.9 Å². The molecule has 162 valence electrons. The first kappa shape index (κ1) is 23.4. The average Bonchev–Trinajstić information content (AvgIpc) is 2.69. The quantitative estimate of drug-likeness (QED) is 0.661. The molecule has 0 spiro atoms. The molecule has 0 aliphatic heterocycles. The second-order valence-electron chi connectivity index (χ2n) is 7.45. The van der Waals surface area contributed by atoms with Gasteiger partial charge in [-0.1, -0.05) is 48.5 Å². The number of nitrogens with zero attached hydrogens (tertiary/aromatic N) is 2. The highest BCUT2D eigenvalue weighted by atomic mass is 32.2. The second-order valence-corrected chi connectivity index (χ2v) is 9.36. The van der Waals surface area contributed by atoms with Gasteiger partial charge in [-0.25, -0.2) is 8.42 Å². The number of nitrogens with one attached hydrogen (secondary N) is 1. The van der Waals surface area contributed by atoms with Gasteiger partial charge in [-0.2, -0.15) is 0 Å². The number of rotatable bonds is 9. The van der Waals surface area contributed by atoms with E-state index >= 15 is 0 Å². The van der Waals surface area contributed by atoms with Crippen LogP contribution < -0.4 is 9.62 Å². The summed E-state index contributed by atoms with van der Waals surface area (Å²) in [5.41, 5.74) is 1.24. The van der Waals surface area contributed by atoms with Crippen LogP contribution in [0.2, 0.25) is 0 Å². The van der Waals surface area contributed by atoms with Gasteiger partial charge in [0.1, 0.15) is 12.6 Å². The van der Waals surface area contributed by atoms with Crippen molar-refractivity contribution in [1.82, 2.24) is 10.2 Å². The highest BCUT2D eigenvalue weighted by Gasteiger charge is 2.30. The van der Waals surface area contributed by atoms with E-state index in [4.69, 9.17) is 0 Å². The van der Waals surface area contributed by atoms with Gasteiger partial charge in [-0.15, -0.1) is 0 Å². The lowest BCUT2D eigenvalue weighted by Crippen LogP contribution is -2.52. The maximum atomic E-state index is 13.2. The first-order valence-electron chi connectivity index (χ1n) is 9.76. The molecule has 0 unspecified atom stereocenters. The summed E-state index contributed by atoms with van der Waals surface area (Å²) < 4.78 is 25.8. The molecule has 0 aliphatic carbocycles. The molecule has 0 aromatic heterocycles. The predicted octanol–water partition coefficient (Wildman–Crippen LogP) is 2.39. The van der Waals surface area contributed by atoms with E-state index in [1.807, 2.05) is 44.2 Å². The Bertz CT molecular complexity index is 947. The Kier molecular flexibility index (Phi) is 8.00. The maximum absolute atomic E-state index is 13.2. The van der Waals surface area contributed by atoms with E-state index in [-0.39, 0.29) is 18.5 Å². The van der Waals surface area contributed by atoms with Crippen molar-refractivity contribution in [3.63, 3.8) is 0 Å². The Morgan fingerprint density at radius 1 is 0.933 bits per heavy atom. The zero-order valence-corrected chi connectivity index (χ0v) is 18.6. The van der Waals surface area contributed by atoms with E-state index in [2.05, 4.69) is 5.32 Å². The molecular weight excluding hydrogens is 402 g/mol. The predicted molar refractivity (Wildman–Crippen MR) is 118 cm³/mol. The number of sulfonamides is 1. The second kappa shape index (κ2) is 10.2. The summed E-state index contributed by atoms with van der Waals surface area (Å²) in [4.78, 5) is 27.3. The molecule has 8 heteroatoms. The first-order valence-corrected chi connectivity index (χ1v) is 11.6. The van der Waals surface area contributed by atoms with Crippen LogP contribution in [0.3, 0.4) is 0 Å². The lowest BCUT2D eigenvalue weighted by Gasteiger charge is -2.31. The third kappa shape index (κ3) is 6.59. The first-order chi connectivity index (χ1) is 14.1. The van der Waals surface area contributed by atoms with Gasteiger partial charge in [0.2, 0.25) is 21.8 Å². The molecule has 2 aromatic rings. The van der Waals surface area contributed by atoms with Crippen LogP contribution in [-0.4, -0.2) is 50.0 Å². The average molecular weight is 432 g/mol. The van der Waals surface area contributed by atoms with E-state index < -0.39 is 28.5 Å². The van der Waals surface area contributed by atoms with E-state index in [9.17, 15) is 18.0 Å². The number of hydrogen-bond donors (Lipinski definition) is 1. The van der Waals surface area contributed by atoms with Crippen LogP contribution in [0.5, 0.6) is 0 Å². The molecule has 2 amide bonds. The molecule has 2 aromatic carbocycles. The molecule has 0 radical (unpaired) electrons. The summed E-state index contributed by atoms with van der Waals surface area (Å²) in [7, 11) is -3.70. The molecule has 0 aliphatic rings. The molecule has 1 N–H and O–H groups in total. The molecule has 0 heterocycles. The Hall–Kier alpha value is -2.87. The summed E-state index contributed by atoms with van der Waals surface area (Å²) >= 11 is 0. The van der Waals surface area contributed by atoms with E-state index in [0.717, 1.165) is 16.1 Å². The van der Waals surface area contributed by atoms with E-state index in [1.165, 1.54) is 4.90 Å². The minimum atomic E-state index is -3.70. The monoisotopic (exact) mass is 431 g/mol. The van der Waals surface area contributed by atoms with Crippen molar-refractivity contribution in [3.05, 3.63) is 66.2 Å². The number of hydrogen-bond acceptors (Lipinski definition) is 4. The van der Waals surface area contributed by atoms with Crippen LogP contribution >= 0.6 is 0 Å². The third-order valence-electron chi connectivity index (χ3n) is 4.52. The van der Waals surface area contributed by atoms with E-state index in [0.29, 0.717) is 5.69 Å². The summed E-state index contributed by atoms with van der Waals surface area (Å²) in [5, 5.41) is 2.81. The van der Waals surface area contributed by atoms with Crippen molar-refractivity contribution in [2.45, 2.75) is 39.4 Å². The molecule has 0 bridgehead atoms. The lowest BCUT2D eigenvalue weighted by molar-refractivity contribution is -0.139. The van der Waals surface area contributed by atoms with Gasteiger partial charge in [0, 0.05) is 12.6 Å². The minimum Gasteiger partial charge on any atom is -0.352 e. The van der Waals surface area contributed by atoms with Crippen LogP contribution in [0.15, 0.2) is 60.7 Å². The van der Waals surface area contributed by atoms with Crippen LogP contribution in [0.1, 0.15) is 26.3 Å². The number of amides is 2. The highest BCUT2D eigenvalue weighted by Crippen LogP contribution is 2.18. The van der Waals surface area contributed by atoms with Gasteiger partial charge in [0.25, 0.3) is 0 Å². The largest absolute Gasteiger partial charge is 0.352 e. The van der Waals surface area contributed by atoms with E-state index in [1.54, 1.807) is 37.3 Å². The van der Waals surface area contributed by atoms with Gasteiger partial charge in [0.15, 0.2) is 0 Å². The number of para-hydroxylation sites is 1. The van der Waals surface area contributed by atoms with Crippen LogP contribution in [0.25, 0.3) is 0 Å². The van der Waals surface area contributed by atoms with Crippen molar-refractivity contribution < 1.29 is 18.0 Å². The van der Waals surface area contributed by atoms with Crippen LogP contribution in [0.4, 0.5) is 5.69 Å². The smallest absolute Gasteiger partial charge is 0.244 e. The fourth-order valence-electron chi connectivity index (χ4n) is 2.98. The highest BCUT2D eigenvalue weighted by molar-refractivity contribution is 7.92. The summed E-state index contributed by atoms with van der Waals surface area (Å²) in [6.07, 6.45) is 1.06. The number of carbonyl (C=O) groups excluding carboxylic acids is 2. The fraction of sp³-hybridized carbons (Fsp3) is 0.364. The third-order valence-corrected chi connectivity index (χ3v) is 5.66. The minimum absolute atomic E-state index is 0.0783. The summed E-state index contributed by atoms with van der Waals surface area (Å²) in [6.45, 7) is 5.13. The van der Waals surface area contributed by atoms with Crippen LogP contribution in [-0.2, 0) is 26.2 Å². The van der Waals surface area contributed by atoms with Gasteiger partial charge in [0.05, 0.1) is 11.9 Å². The molecule has 7 nitrogen and oxygen atoms in total. The van der Waals surface area contributed by atoms with Gasteiger partial charge >= 0.3 is 0 Å². The van der Waals surface area contributed by atoms with Crippen molar-refractivity contribution in [1.29, 1.82) is 0 Å². The Morgan fingerprint density at radius 3 is 1.97 bits per heavy atom. The zero-order valence-electron chi connectivity index (χ0n) is 17.8. The summed E-state index contributed by atoms with van der Waals surface area (Å²) in [5.74, 6) is -0.751. The van der Waals surface area contributed by atoms with Crippen molar-refractivity contribution in [2.24, 2.45) is 0 Å². The standard InChI is InChI=1S/C22H29N3O4S/c1-17(2)23-22(27)18(3)24(15-19-11-7-5-8-12-19)21(26)16-25(30(4,28)29)20-13-9-6-10-14-20/h5-14,17-18H,15-16H2,1-4H3,(H,23,27)/t18-/m0/s1. The molecule has 2 rings (SSSR count). The van der Waals surface area contributed by atoms with Crippen molar-refractivity contribution in [2.75, 3.05) is 17.1 Å². The maximum Gasteiger partial charge on any atom is 0.244 e. The molecule has 0 saturated heterocycles. The van der Waals surface area contributed by atoms with Crippen molar-refractivity contribution in [3.8, 4) is 0 Å². The molecule has 0 saturated carbocycles. The molecule has 0 fully saturated rings. The Balaban J connectivity index is 2.33. The van der Waals surface area contributed by atoms with Crippen molar-refractivity contribution >= 4 is 27.5 Å². The van der Waals surface area contributed by atoms with Gasteiger partial charge in [-0.05, 0) is 38.5 Å². The number of anilines is 1.